The molecule has 172 valence electrons. The Bertz CT molecular complexity index is 831. The highest BCUT2D eigenvalue weighted by Crippen LogP contribution is 2.16. The molecule has 0 aliphatic heterocycles. The fourth-order valence-corrected chi connectivity index (χ4v) is 2.36. The predicted octanol–water partition coefficient (Wildman–Crippen LogP) is 3.63. The Labute approximate surface area is 186 Å². The Balaban J connectivity index is 2.71. The predicted molar refractivity (Wildman–Crippen MR) is 115 cm³/mol. The van der Waals surface area contributed by atoms with Crippen LogP contribution >= 0.6 is 11.6 Å². The molecule has 2 N–H and O–H groups in total. The third kappa shape index (κ3) is 10.8. The van der Waals surface area contributed by atoms with Gasteiger partial charge in [0.1, 0.15) is 17.2 Å². The van der Waals surface area contributed by atoms with E-state index in [-0.39, 0.29) is 23.7 Å². The fourth-order valence-electron chi connectivity index (χ4n) is 2.20. The molecule has 1 aromatic rings. The molecule has 1 rings (SSSR count). The molecule has 1 aromatic heterocycles. The minimum absolute atomic E-state index is 0.0441. The standard InChI is InChI=1S/C21H29ClFN3O5/c1-20(2,3)30-18(28)14(26-19(29)31-21(4,5)6)10-12-24-15(27)8-7-13-9-11-25-17(22)16(13)23/h7-9,11,14H,10,12H2,1-6H3,(H,24,27)(H,26,29)/b8-7+/t14-/m0/s1. The zero-order valence-corrected chi connectivity index (χ0v) is 19.3. The monoisotopic (exact) mass is 457 g/mol. The lowest BCUT2D eigenvalue weighted by molar-refractivity contribution is -0.157. The van der Waals surface area contributed by atoms with Crippen LogP contribution in [0.15, 0.2) is 18.3 Å². The van der Waals surface area contributed by atoms with Crippen LogP contribution in [0.5, 0.6) is 0 Å². The third-order valence-electron chi connectivity index (χ3n) is 3.41. The minimum atomic E-state index is -1.03. The van der Waals surface area contributed by atoms with E-state index in [4.69, 9.17) is 21.1 Å². The summed E-state index contributed by atoms with van der Waals surface area (Å²) in [5.41, 5.74) is -1.40. The Morgan fingerprint density at radius 3 is 2.35 bits per heavy atom. The Morgan fingerprint density at radius 2 is 1.77 bits per heavy atom. The number of rotatable bonds is 7. The molecule has 0 saturated carbocycles. The van der Waals surface area contributed by atoms with E-state index in [2.05, 4.69) is 15.6 Å². The number of aromatic nitrogens is 1. The molecule has 1 atom stereocenters. The zero-order chi connectivity index (χ0) is 23.8. The molecule has 0 spiro atoms. The number of nitrogens with one attached hydrogen (secondary N) is 2. The molecule has 31 heavy (non-hydrogen) atoms. The number of hydrogen-bond acceptors (Lipinski definition) is 6. The zero-order valence-electron chi connectivity index (χ0n) is 18.5. The van der Waals surface area contributed by atoms with E-state index >= 15 is 0 Å². The third-order valence-corrected chi connectivity index (χ3v) is 3.67. The van der Waals surface area contributed by atoms with Gasteiger partial charge in [-0.25, -0.2) is 19.0 Å². The molecule has 0 aliphatic rings. The van der Waals surface area contributed by atoms with Crippen LogP contribution in [0, 0.1) is 5.82 Å². The molecule has 0 radical (unpaired) electrons. The first-order valence-corrected chi connectivity index (χ1v) is 10.0. The summed E-state index contributed by atoms with van der Waals surface area (Å²) in [7, 11) is 0. The molecule has 0 bridgehead atoms. The minimum Gasteiger partial charge on any atom is -0.458 e. The normalized spacial score (nSPS) is 12.9. The molecular weight excluding hydrogens is 429 g/mol. The summed E-state index contributed by atoms with van der Waals surface area (Å²) in [6.45, 7) is 10.2. The van der Waals surface area contributed by atoms with Crippen LogP contribution in [0.25, 0.3) is 6.08 Å². The van der Waals surface area contributed by atoms with E-state index in [1.54, 1.807) is 41.5 Å². The van der Waals surface area contributed by atoms with Gasteiger partial charge in [-0.1, -0.05) is 11.6 Å². The van der Waals surface area contributed by atoms with Crippen molar-refractivity contribution < 1.29 is 28.2 Å². The first-order valence-electron chi connectivity index (χ1n) is 9.66. The number of hydrogen-bond donors (Lipinski definition) is 2. The van der Waals surface area contributed by atoms with Crippen LogP contribution in [0.3, 0.4) is 0 Å². The van der Waals surface area contributed by atoms with Crippen LogP contribution in [-0.4, -0.2) is 46.7 Å². The number of carbonyl (C=O) groups is 3. The lowest BCUT2D eigenvalue weighted by Crippen LogP contribution is -2.47. The molecule has 0 aliphatic carbocycles. The summed E-state index contributed by atoms with van der Waals surface area (Å²) in [4.78, 5) is 40.1. The molecule has 1 heterocycles. The van der Waals surface area contributed by atoms with Crippen molar-refractivity contribution in [3.63, 3.8) is 0 Å². The number of amides is 2. The van der Waals surface area contributed by atoms with Crippen molar-refractivity contribution in [1.29, 1.82) is 0 Å². The maximum atomic E-state index is 13.8. The summed E-state index contributed by atoms with van der Waals surface area (Å²) in [5, 5.41) is 4.73. The van der Waals surface area contributed by atoms with Gasteiger partial charge in [0.25, 0.3) is 0 Å². The van der Waals surface area contributed by atoms with E-state index in [1.807, 2.05) is 0 Å². The summed E-state index contributed by atoms with van der Waals surface area (Å²) in [5.74, 6) is -1.91. The summed E-state index contributed by atoms with van der Waals surface area (Å²) in [6.07, 6.45) is 2.97. The number of carbonyl (C=O) groups excluding carboxylic acids is 3. The maximum absolute atomic E-state index is 13.8. The Hall–Kier alpha value is -2.68. The van der Waals surface area contributed by atoms with E-state index < -0.39 is 41.0 Å². The average Bonchev–Trinajstić information content (AvgIpc) is 2.59. The second-order valence-electron chi connectivity index (χ2n) is 8.65. The quantitative estimate of drug-likeness (QED) is 0.368. The van der Waals surface area contributed by atoms with Crippen LogP contribution in [0.2, 0.25) is 5.15 Å². The lowest BCUT2D eigenvalue weighted by atomic mass is 10.1. The van der Waals surface area contributed by atoms with Gasteiger partial charge in [-0.15, -0.1) is 0 Å². The van der Waals surface area contributed by atoms with Crippen molar-refractivity contribution in [1.82, 2.24) is 15.6 Å². The van der Waals surface area contributed by atoms with Gasteiger partial charge in [-0.2, -0.15) is 0 Å². The van der Waals surface area contributed by atoms with Crippen LogP contribution in [0.4, 0.5) is 9.18 Å². The van der Waals surface area contributed by atoms with Crippen molar-refractivity contribution in [3.8, 4) is 0 Å². The maximum Gasteiger partial charge on any atom is 0.408 e. The van der Waals surface area contributed by atoms with E-state index in [0.29, 0.717) is 0 Å². The van der Waals surface area contributed by atoms with E-state index in [1.165, 1.54) is 18.3 Å². The van der Waals surface area contributed by atoms with Crippen molar-refractivity contribution >= 4 is 35.6 Å². The molecule has 10 heteroatoms. The molecule has 8 nitrogen and oxygen atoms in total. The molecule has 2 amide bonds. The smallest absolute Gasteiger partial charge is 0.408 e. The van der Waals surface area contributed by atoms with Gasteiger partial charge in [-0.3, -0.25) is 4.79 Å². The fraction of sp³-hybridized carbons (Fsp3) is 0.524. The Kier molecular flexibility index (Phi) is 9.42. The number of nitrogens with zero attached hydrogens (tertiary/aromatic N) is 1. The largest absolute Gasteiger partial charge is 0.458 e. The molecule has 0 fully saturated rings. The van der Waals surface area contributed by atoms with Gasteiger partial charge in [0, 0.05) is 24.4 Å². The highest BCUT2D eigenvalue weighted by Gasteiger charge is 2.28. The first-order chi connectivity index (χ1) is 14.2. The SMILES string of the molecule is CC(C)(C)OC(=O)N[C@@H](CCNC(=O)/C=C/c1ccnc(Cl)c1F)C(=O)OC(C)(C)C. The van der Waals surface area contributed by atoms with Gasteiger partial charge in [0.05, 0.1) is 0 Å². The van der Waals surface area contributed by atoms with Gasteiger partial charge in [0.15, 0.2) is 11.0 Å². The van der Waals surface area contributed by atoms with Crippen LogP contribution < -0.4 is 10.6 Å². The van der Waals surface area contributed by atoms with Gasteiger partial charge in [-0.05, 0) is 60.1 Å². The van der Waals surface area contributed by atoms with Gasteiger partial charge in [0.2, 0.25) is 5.91 Å². The summed E-state index contributed by atoms with van der Waals surface area (Å²) >= 11 is 5.60. The Morgan fingerprint density at radius 1 is 1.16 bits per heavy atom. The second-order valence-corrected chi connectivity index (χ2v) is 9.01. The van der Waals surface area contributed by atoms with E-state index in [9.17, 15) is 18.8 Å². The topological polar surface area (TPSA) is 107 Å². The lowest BCUT2D eigenvalue weighted by Gasteiger charge is -2.26. The second kappa shape index (κ2) is 11.1. The van der Waals surface area contributed by atoms with E-state index in [0.717, 1.165) is 6.08 Å². The first kappa shape index (κ1) is 26.4. The molecule has 0 aromatic carbocycles. The van der Waals surface area contributed by atoms with Crippen LogP contribution in [0.1, 0.15) is 53.5 Å². The van der Waals surface area contributed by atoms with Crippen LogP contribution in [-0.2, 0) is 19.1 Å². The highest BCUT2D eigenvalue weighted by atomic mass is 35.5. The number of halogens is 2. The van der Waals surface area contributed by atoms with Crippen molar-refractivity contribution in [3.05, 3.63) is 34.9 Å². The summed E-state index contributed by atoms with van der Waals surface area (Å²) in [6, 6.07) is 0.337. The van der Waals surface area contributed by atoms with Gasteiger partial charge < -0.3 is 20.1 Å². The average molecular weight is 458 g/mol. The summed E-state index contributed by atoms with van der Waals surface area (Å²) < 4.78 is 24.3. The van der Waals surface area contributed by atoms with Crippen molar-refractivity contribution in [2.24, 2.45) is 0 Å². The molecule has 0 saturated heterocycles. The van der Waals surface area contributed by atoms with Gasteiger partial charge >= 0.3 is 12.1 Å². The number of pyridine rings is 1. The number of esters is 1. The highest BCUT2D eigenvalue weighted by molar-refractivity contribution is 6.29. The van der Waals surface area contributed by atoms with Crippen molar-refractivity contribution in [2.75, 3.05) is 6.54 Å². The molecular formula is C21H29ClFN3O5. The van der Waals surface area contributed by atoms with Crippen molar-refractivity contribution in [2.45, 2.75) is 65.2 Å². The molecule has 0 unspecified atom stereocenters. The number of alkyl carbamates (subject to hydrolysis) is 1. The number of ether oxygens (including phenoxy) is 2.